The molecule has 0 aliphatic carbocycles. The van der Waals surface area contributed by atoms with Crippen molar-refractivity contribution in [1.29, 1.82) is 0 Å². The van der Waals surface area contributed by atoms with Crippen LogP contribution >= 0.6 is 0 Å². The van der Waals surface area contributed by atoms with Crippen molar-refractivity contribution in [2.24, 2.45) is 0 Å². The number of hydrogen-bond donors (Lipinski definition) is 1. The van der Waals surface area contributed by atoms with Crippen molar-refractivity contribution in [3.8, 4) is 0 Å². The van der Waals surface area contributed by atoms with Gasteiger partial charge in [-0.2, -0.15) is 0 Å². The summed E-state index contributed by atoms with van der Waals surface area (Å²) in [6.07, 6.45) is 0.683. The molecule has 0 unspecified atom stereocenters. The third-order valence-corrected chi connectivity index (χ3v) is 5.49. The van der Waals surface area contributed by atoms with Gasteiger partial charge in [-0.25, -0.2) is 8.42 Å². The zero-order valence-corrected chi connectivity index (χ0v) is 15.1. The fraction of sp³-hybridized carbons (Fsp3) is 0.278. The van der Waals surface area contributed by atoms with Crippen LogP contribution in [-0.4, -0.2) is 41.6 Å². The Morgan fingerprint density at radius 2 is 1.72 bits per heavy atom. The average Bonchev–Trinajstić information content (AvgIpc) is 2.65. The van der Waals surface area contributed by atoms with Crippen LogP contribution < -0.4 is 9.62 Å². The normalized spacial score (nSPS) is 11.1. The molecule has 7 heteroatoms. The quantitative estimate of drug-likeness (QED) is 0.731. The number of amides is 1. The number of carbonyl (C=O) groups excluding carboxylic acids is 1. The molecular formula is C18H22N2O4S. The highest BCUT2D eigenvalue weighted by atomic mass is 32.2. The number of hydrogen-bond acceptors (Lipinski definition) is 4. The van der Waals surface area contributed by atoms with Gasteiger partial charge >= 0.3 is 0 Å². The van der Waals surface area contributed by atoms with Crippen LogP contribution in [0.2, 0.25) is 0 Å². The van der Waals surface area contributed by atoms with E-state index in [2.05, 4.69) is 5.32 Å². The molecule has 2 aromatic rings. The largest absolute Gasteiger partial charge is 0.385 e. The van der Waals surface area contributed by atoms with Crippen LogP contribution in [0.4, 0.5) is 5.69 Å². The average molecular weight is 362 g/mol. The van der Waals surface area contributed by atoms with Crippen LogP contribution in [0.25, 0.3) is 0 Å². The molecular weight excluding hydrogens is 340 g/mol. The summed E-state index contributed by atoms with van der Waals surface area (Å²) >= 11 is 0. The molecule has 0 aliphatic heterocycles. The van der Waals surface area contributed by atoms with Gasteiger partial charge in [-0.1, -0.05) is 30.3 Å². The first-order valence-electron chi connectivity index (χ1n) is 7.88. The Balaban J connectivity index is 2.26. The monoisotopic (exact) mass is 362 g/mol. The second-order valence-electron chi connectivity index (χ2n) is 5.40. The van der Waals surface area contributed by atoms with E-state index in [1.807, 2.05) is 0 Å². The molecule has 25 heavy (non-hydrogen) atoms. The van der Waals surface area contributed by atoms with Gasteiger partial charge < -0.3 is 10.1 Å². The number of rotatable bonds is 8. The van der Waals surface area contributed by atoms with Gasteiger partial charge in [-0.05, 0) is 30.7 Å². The second-order valence-corrected chi connectivity index (χ2v) is 7.37. The highest BCUT2D eigenvalue weighted by molar-refractivity contribution is 7.92. The highest BCUT2D eigenvalue weighted by Crippen LogP contribution is 2.25. The van der Waals surface area contributed by atoms with Gasteiger partial charge in [0.25, 0.3) is 15.9 Å². The first-order chi connectivity index (χ1) is 12.0. The first kappa shape index (κ1) is 19.0. The number of ether oxygens (including phenoxy) is 1. The molecule has 2 aromatic carbocycles. The number of anilines is 1. The van der Waals surface area contributed by atoms with E-state index in [9.17, 15) is 13.2 Å². The SMILES string of the molecule is COCCCNC(=O)c1ccccc1N(C)S(=O)(=O)c1ccccc1. The van der Waals surface area contributed by atoms with Crippen molar-refractivity contribution >= 4 is 21.6 Å². The van der Waals surface area contributed by atoms with Gasteiger partial charge in [0.05, 0.1) is 16.1 Å². The van der Waals surface area contributed by atoms with Crippen molar-refractivity contribution in [2.75, 3.05) is 31.6 Å². The smallest absolute Gasteiger partial charge is 0.264 e. The van der Waals surface area contributed by atoms with Crippen LogP contribution in [-0.2, 0) is 14.8 Å². The number of benzene rings is 2. The van der Waals surface area contributed by atoms with Gasteiger partial charge in [0.2, 0.25) is 0 Å². The third-order valence-electron chi connectivity index (χ3n) is 3.70. The molecule has 0 aliphatic rings. The molecule has 2 rings (SSSR count). The molecule has 0 radical (unpaired) electrons. The molecule has 0 saturated carbocycles. The zero-order valence-electron chi connectivity index (χ0n) is 14.3. The van der Waals surface area contributed by atoms with Gasteiger partial charge in [0.15, 0.2) is 0 Å². The number of nitrogens with zero attached hydrogens (tertiary/aromatic N) is 1. The van der Waals surface area contributed by atoms with Crippen molar-refractivity contribution in [3.05, 3.63) is 60.2 Å². The van der Waals surface area contributed by atoms with Crippen molar-refractivity contribution in [2.45, 2.75) is 11.3 Å². The van der Waals surface area contributed by atoms with E-state index in [1.54, 1.807) is 49.6 Å². The minimum absolute atomic E-state index is 0.174. The predicted molar refractivity (Wildman–Crippen MR) is 97.3 cm³/mol. The van der Waals surface area contributed by atoms with Crippen molar-refractivity contribution in [1.82, 2.24) is 5.32 Å². The molecule has 0 spiro atoms. The summed E-state index contributed by atoms with van der Waals surface area (Å²) in [6, 6.07) is 14.8. The van der Waals surface area contributed by atoms with Crippen LogP contribution in [0.5, 0.6) is 0 Å². The van der Waals surface area contributed by atoms with Crippen LogP contribution in [0.1, 0.15) is 16.8 Å². The van der Waals surface area contributed by atoms with Gasteiger partial charge in [0.1, 0.15) is 0 Å². The maximum absolute atomic E-state index is 12.8. The molecule has 0 fully saturated rings. The second kappa shape index (κ2) is 8.64. The number of nitrogens with one attached hydrogen (secondary N) is 1. The maximum atomic E-state index is 12.8. The van der Waals surface area contributed by atoms with E-state index >= 15 is 0 Å². The van der Waals surface area contributed by atoms with Gasteiger partial charge in [0, 0.05) is 27.3 Å². The number of para-hydroxylation sites is 1. The van der Waals surface area contributed by atoms with Gasteiger partial charge in [-0.3, -0.25) is 9.10 Å². The summed E-state index contributed by atoms with van der Waals surface area (Å²) in [4.78, 5) is 12.6. The summed E-state index contributed by atoms with van der Waals surface area (Å²) in [5.74, 6) is -0.318. The molecule has 0 saturated heterocycles. The highest BCUT2D eigenvalue weighted by Gasteiger charge is 2.24. The lowest BCUT2D eigenvalue weighted by Gasteiger charge is -2.22. The maximum Gasteiger partial charge on any atom is 0.264 e. The number of sulfonamides is 1. The zero-order chi connectivity index (χ0) is 18.3. The molecule has 1 N–H and O–H groups in total. The minimum atomic E-state index is -3.74. The van der Waals surface area contributed by atoms with E-state index < -0.39 is 10.0 Å². The first-order valence-corrected chi connectivity index (χ1v) is 9.32. The summed E-state index contributed by atoms with van der Waals surface area (Å²) in [7, 11) is -0.702. The number of carbonyl (C=O) groups is 1. The lowest BCUT2D eigenvalue weighted by Crippen LogP contribution is -2.31. The number of methoxy groups -OCH3 is 1. The van der Waals surface area contributed by atoms with Crippen molar-refractivity contribution < 1.29 is 17.9 Å². The lowest BCUT2D eigenvalue weighted by molar-refractivity contribution is 0.0949. The van der Waals surface area contributed by atoms with Gasteiger partial charge in [-0.15, -0.1) is 0 Å². The molecule has 1 amide bonds. The Hall–Kier alpha value is -2.38. The molecule has 6 nitrogen and oxygen atoms in total. The van der Waals surface area contributed by atoms with Crippen LogP contribution in [0.15, 0.2) is 59.5 Å². The molecule has 0 atom stereocenters. The minimum Gasteiger partial charge on any atom is -0.385 e. The van der Waals surface area contributed by atoms with E-state index in [1.165, 1.54) is 19.2 Å². The lowest BCUT2D eigenvalue weighted by atomic mass is 10.1. The Bertz CT molecular complexity index is 807. The third kappa shape index (κ3) is 4.58. The van der Waals surface area contributed by atoms with Crippen LogP contribution in [0, 0.1) is 0 Å². The molecule has 0 bridgehead atoms. The Kier molecular flexibility index (Phi) is 6.55. The summed E-state index contributed by atoms with van der Waals surface area (Å²) in [6.45, 7) is 1.00. The Labute approximate surface area is 148 Å². The summed E-state index contributed by atoms with van der Waals surface area (Å²) in [5.41, 5.74) is 0.637. The van der Waals surface area contributed by atoms with E-state index in [4.69, 9.17) is 4.74 Å². The Morgan fingerprint density at radius 1 is 1.08 bits per heavy atom. The van der Waals surface area contributed by atoms with E-state index in [0.717, 1.165) is 4.31 Å². The summed E-state index contributed by atoms with van der Waals surface area (Å²) < 4.78 is 31.6. The topological polar surface area (TPSA) is 75.7 Å². The van der Waals surface area contributed by atoms with E-state index in [-0.39, 0.29) is 10.8 Å². The summed E-state index contributed by atoms with van der Waals surface area (Å²) in [5, 5.41) is 2.78. The Morgan fingerprint density at radius 3 is 2.40 bits per heavy atom. The van der Waals surface area contributed by atoms with Crippen LogP contribution in [0.3, 0.4) is 0 Å². The predicted octanol–water partition coefficient (Wildman–Crippen LogP) is 2.28. The fourth-order valence-electron chi connectivity index (χ4n) is 2.33. The van der Waals surface area contributed by atoms with E-state index in [0.29, 0.717) is 30.8 Å². The molecule has 0 aromatic heterocycles. The molecule has 134 valence electrons. The molecule has 0 heterocycles. The fourth-order valence-corrected chi connectivity index (χ4v) is 3.57. The van der Waals surface area contributed by atoms with Crippen molar-refractivity contribution in [3.63, 3.8) is 0 Å². The standard InChI is InChI=1S/C18H22N2O4S/c1-20(25(22,23)15-9-4-3-5-10-15)17-12-7-6-11-16(17)18(21)19-13-8-14-24-2/h3-7,9-12H,8,13-14H2,1-2H3,(H,19,21).